The van der Waals surface area contributed by atoms with Crippen LogP contribution < -0.4 is 10.2 Å². The quantitative estimate of drug-likeness (QED) is 0.374. The molecule has 1 N–H and O–H groups in total. The molecule has 102 valence electrons. The largest absolute Gasteiger partial charge is 0.494 e. The topological polar surface area (TPSA) is 77.0 Å². The summed E-state index contributed by atoms with van der Waals surface area (Å²) in [4.78, 5) is 22.1. The molecule has 0 aliphatic rings. The van der Waals surface area contributed by atoms with Crippen molar-refractivity contribution in [1.29, 1.82) is 0 Å². The Hall–Kier alpha value is -2.37. The van der Waals surface area contributed by atoms with Gasteiger partial charge in [0, 0.05) is 0 Å². The van der Waals surface area contributed by atoms with Crippen molar-refractivity contribution < 1.29 is 19.1 Å². The fourth-order valence-electron chi connectivity index (χ4n) is 1.22. The van der Waals surface area contributed by atoms with E-state index in [1.165, 1.54) is 6.21 Å². The van der Waals surface area contributed by atoms with Gasteiger partial charge in [0.15, 0.2) is 0 Å². The predicted molar refractivity (Wildman–Crippen MR) is 70.0 cm³/mol. The molecule has 0 fully saturated rings. The standard InChI is InChI=1S/C13H16N2O4/c1-3-18-11-7-5-10(6-8-11)9-14-15-12(16)13(17)19-4-2/h5-9H,3-4H2,1-2H3,(H,15,16)/b14-9-. The van der Waals surface area contributed by atoms with Crippen molar-refractivity contribution in [1.82, 2.24) is 5.43 Å². The van der Waals surface area contributed by atoms with E-state index in [2.05, 4.69) is 15.3 Å². The number of esters is 1. The van der Waals surface area contributed by atoms with Crippen LogP contribution in [-0.2, 0) is 14.3 Å². The van der Waals surface area contributed by atoms with Crippen LogP contribution in [0.1, 0.15) is 19.4 Å². The number of rotatable bonds is 5. The molecule has 0 saturated carbocycles. The van der Waals surface area contributed by atoms with Crippen molar-refractivity contribution in [2.24, 2.45) is 5.10 Å². The number of amides is 1. The average molecular weight is 264 g/mol. The van der Waals surface area contributed by atoms with Gasteiger partial charge in [-0.05, 0) is 43.7 Å². The summed E-state index contributed by atoms with van der Waals surface area (Å²) in [7, 11) is 0. The zero-order valence-corrected chi connectivity index (χ0v) is 10.9. The molecule has 0 bridgehead atoms. The van der Waals surface area contributed by atoms with Crippen LogP contribution in [0.15, 0.2) is 29.4 Å². The molecular weight excluding hydrogens is 248 g/mol. The van der Waals surface area contributed by atoms with E-state index < -0.39 is 11.9 Å². The highest BCUT2D eigenvalue weighted by Crippen LogP contribution is 2.10. The Bertz CT molecular complexity index is 454. The van der Waals surface area contributed by atoms with Gasteiger partial charge in [-0.2, -0.15) is 5.10 Å². The number of ether oxygens (including phenoxy) is 2. The molecule has 1 aromatic carbocycles. The van der Waals surface area contributed by atoms with Gasteiger partial charge in [0.1, 0.15) is 5.75 Å². The van der Waals surface area contributed by atoms with Gasteiger partial charge in [0.25, 0.3) is 0 Å². The Morgan fingerprint density at radius 2 is 1.89 bits per heavy atom. The zero-order chi connectivity index (χ0) is 14.1. The molecule has 0 unspecified atom stereocenters. The van der Waals surface area contributed by atoms with E-state index >= 15 is 0 Å². The van der Waals surface area contributed by atoms with E-state index in [0.29, 0.717) is 6.61 Å². The molecule has 0 aliphatic heterocycles. The molecular formula is C13H16N2O4. The lowest BCUT2D eigenvalue weighted by molar-refractivity contribution is -0.154. The average Bonchev–Trinajstić information content (AvgIpc) is 2.41. The fourth-order valence-corrected chi connectivity index (χ4v) is 1.22. The number of benzene rings is 1. The van der Waals surface area contributed by atoms with Crippen LogP contribution in [0.5, 0.6) is 5.75 Å². The van der Waals surface area contributed by atoms with E-state index in [4.69, 9.17) is 4.74 Å². The zero-order valence-electron chi connectivity index (χ0n) is 10.9. The van der Waals surface area contributed by atoms with Crippen LogP contribution in [0.2, 0.25) is 0 Å². The van der Waals surface area contributed by atoms with Crippen LogP contribution in [-0.4, -0.2) is 31.3 Å². The summed E-state index contributed by atoms with van der Waals surface area (Å²) in [5.74, 6) is -1.09. The van der Waals surface area contributed by atoms with E-state index in [-0.39, 0.29) is 6.61 Å². The van der Waals surface area contributed by atoms with Gasteiger partial charge in [0.05, 0.1) is 19.4 Å². The Labute approximate surface area is 111 Å². The maximum Gasteiger partial charge on any atom is 0.398 e. The van der Waals surface area contributed by atoms with E-state index in [0.717, 1.165) is 11.3 Å². The number of hydrazone groups is 1. The molecule has 1 rings (SSSR count). The molecule has 0 spiro atoms. The molecule has 0 atom stereocenters. The number of hydrogen-bond donors (Lipinski definition) is 1. The maximum absolute atomic E-state index is 11.1. The molecule has 6 nitrogen and oxygen atoms in total. The highest BCUT2D eigenvalue weighted by molar-refractivity contribution is 6.32. The Kier molecular flexibility index (Phi) is 6.08. The van der Waals surface area contributed by atoms with Gasteiger partial charge in [-0.1, -0.05) is 0 Å². The summed E-state index contributed by atoms with van der Waals surface area (Å²) in [5, 5.41) is 3.65. The summed E-state index contributed by atoms with van der Waals surface area (Å²) in [6.45, 7) is 4.27. The molecule has 6 heteroatoms. The smallest absolute Gasteiger partial charge is 0.398 e. The minimum atomic E-state index is -0.952. The van der Waals surface area contributed by atoms with Crippen molar-refractivity contribution in [2.45, 2.75) is 13.8 Å². The lowest BCUT2D eigenvalue weighted by Crippen LogP contribution is -2.28. The molecule has 0 heterocycles. The van der Waals surface area contributed by atoms with Crippen molar-refractivity contribution in [3.05, 3.63) is 29.8 Å². The SMILES string of the molecule is CCOC(=O)C(=O)N/N=C\c1ccc(OCC)cc1. The number of carbonyl (C=O) groups is 2. The minimum Gasteiger partial charge on any atom is -0.494 e. The minimum absolute atomic E-state index is 0.148. The normalized spacial score (nSPS) is 10.2. The first-order valence-corrected chi connectivity index (χ1v) is 5.90. The molecule has 0 saturated heterocycles. The van der Waals surface area contributed by atoms with Crippen molar-refractivity contribution >= 4 is 18.1 Å². The second-order valence-corrected chi connectivity index (χ2v) is 3.42. The van der Waals surface area contributed by atoms with Crippen molar-refractivity contribution in [3.63, 3.8) is 0 Å². The third-order valence-corrected chi connectivity index (χ3v) is 2.03. The maximum atomic E-state index is 11.1. The fraction of sp³-hybridized carbons (Fsp3) is 0.308. The van der Waals surface area contributed by atoms with Gasteiger partial charge in [-0.25, -0.2) is 10.2 Å². The Morgan fingerprint density at radius 1 is 1.21 bits per heavy atom. The van der Waals surface area contributed by atoms with Gasteiger partial charge < -0.3 is 9.47 Å². The molecule has 0 radical (unpaired) electrons. The Morgan fingerprint density at radius 3 is 2.47 bits per heavy atom. The summed E-state index contributed by atoms with van der Waals surface area (Å²) in [5.41, 5.74) is 2.85. The monoisotopic (exact) mass is 264 g/mol. The lowest BCUT2D eigenvalue weighted by atomic mass is 10.2. The summed E-state index contributed by atoms with van der Waals surface area (Å²) >= 11 is 0. The predicted octanol–water partition coefficient (Wildman–Crippen LogP) is 1.10. The van der Waals surface area contributed by atoms with Crippen LogP contribution >= 0.6 is 0 Å². The van der Waals surface area contributed by atoms with E-state index in [1.807, 2.05) is 6.92 Å². The van der Waals surface area contributed by atoms with E-state index in [1.54, 1.807) is 31.2 Å². The molecule has 0 aliphatic carbocycles. The summed E-state index contributed by atoms with van der Waals surface area (Å²) in [6, 6.07) is 7.14. The van der Waals surface area contributed by atoms with Gasteiger partial charge >= 0.3 is 11.9 Å². The van der Waals surface area contributed by atoms with Crippen molar-refractivity contribution in [2.75, 3.05) is 13.2 Å². The number of hydrogen-bond acceptors (Lipinski definition) is 5. The first kappa shape index (κ1) is 14.7. The summed E-state index contributed by atoms with van der Waals surface area (Å²) in [6.07, 6.45) is 1.42. The highest BCUT2D eigenvalue weighted by atomic mass is 16.5. The molecule has 1 amide bonds. The van der Waals surface area contributed by atoms with E-state index in [9.17, 15) is 9.59 Å². The molecule has 19 heavy (non-hydrogen) atoms. The van der Waals surface area contributed by atoms with Gasteiger partial charge in [-0.15, -0.1) is 0 Å². The number of carbonyl (C=O) groups excluding carboxylic acids is 2. The first-order chi connectivity index (χ1) is 9.17. The molecule has 1 aromatic rings. The van der Waals surface area contributed by atoms with Crippen LogP contribution in [0, 0.1) is 0 Å². The van der Waals surface area contributed by atoms with Gasteiger partial charge in [-0.3, -0.25) is 4.79 Å². The third kappa shape index (κ3) is 5.20. The third-order valence-electron chi connectivity index (χ3n) is 2.03. The van der Waals surface area contributed by atoms with Gasteiger partial charge in [0.2, 0.25) is 0 Å². The second kappa shape index (κ2) is 7.86. The summed E-state index contributed by atoms with van der Waals surface area (Å²) < 4.78 is 9.79. The van der Waals surface area contributed by atoms with Crippen LogP contribution in [0.3, 0.4) is 0 Å². The lowest BCUT2D eigenvalue weighted by Gasteiger charge is -2.02. The Balaban J connectivity index is 2.48. The second-order valence-electron chi connectivity index (χ2n) is 3.42. The number of nitrogens with zero attached hydrogens (tertiary/aromatic N) is 1. The van der Waals surface area contributed by atoms with Crippen LogP contribution in [0.25, 0.3) is 0 Å². The number of nitrogens with one attached hydrogen (secondary N) is 1. The van der Waals surface area contributed by atoms with Crippen molar-refractivity contribution in [3.8, 4) is 5.75 Å². The first-order valence-electron chi connectivity index (χ1n) is 5.90. The van der Waals surface area contributed by atoms with Crippen LogP contribution in [0.4, 0.5) is 0 Å². The molecule has 0 aromatic heterocycles. The highest BCUT2D eigenvalue weighted by Gasteiger charge is 2.12.